The van der Waals surface area contributed by atoms with Crippen LogP contribution in [-0.4, -0.2) is 18.5 Å². The summed E-state index contributed by atoms with van der Waals surface area (Å²) in [5, 5.41) is 0. The molecule has 0 heterocycles. The molecule has 0 aliphatic heterocycles. The predicted octanol–water partition coefficient (Wildman–Crippen LogP) is 0.0610. The third-order valence-electron chi connectivity index (χ3n) is 1.30. The van der Waals surface area contributed by atoms with Crippen molar-refractivity contribution in [2.45, 2.75) is 20.8 Å². The topological polar surface area (TPSA) is 69.4 Å². The molecule has 0 radical (unpaired) electrons. The van der Waals surface area contributed by atoms with Gasteiger partial charge >= 0.3 is 5.97 Å². The predicted molar refractivity (Wildman–Crippen MR) is 39.6 cm³/mol. The fourth-order valence-electron chi connectivity index (χ4n) is 0.353. The Kier molecular flexibility index (Phi) is 3.04. The molecule has 64 valence electrons. The van der Waals surface area contributed by atoms with Gasteiger partial charge < -0.3 is 10.5 Å². The van der Waals surface area contributed by atoms with Crippen molar-refractivity contribution in [1.82, 2.24) is 0 Å². The maximum absolute atomic E-state index is 10.7. The molecule has 11 heavy (non-hydrogen) atoms. The summed E-state index contributed by atoms with van der Waals surface area (Å²) in [6, 6.07) is 0. The van der Waals surface area contributed by atoms with Gasteiger partial charge in [0.25, 0.3) is 0 Å². The summed E-state index contributed by atoms with van der Waals surface area (Å²) in [4.78, 5) is 21.0. The van der Waals surface area contributed by atoms with Crippen LogP contribution in [0.3, 0.4) is 0 Å². The Hall–Kier alpha value is -1.06. The minimum atomic E-state index is -0.772. The zero-order chi connectivity index (χ0) is 9.07. The van der Waals surface area contributed by atoms with Crippen molar-refractivity contribution in [3.8, 4) is 0 Å². The number of primary amides is 1. The summed E-state index contributed by atoms with van der Waals surface area (Å²) in [7, 11) is 0. The number of amides is 1. The van der Waals surface area contributed by atoms with Crippen molar-refractivity contribution in [2.24, 2.45) is 11.1 Å². The molecule has 0 spiro atoms. The maximum atomic E-state index is 10.7. The van der Waals surface area contributed by atoms with Crippen LogP contribution in [0.2, 0.25) is 0 Å². The molecular formula is C7H13NO3. The van der Waals surface area contributed by atoms with Gasteiger partial charge in [0.2, 0.25) is 5.91 Å². The van der Waals surface area contributed by atoms with Crippen molar-refractivity contribution in [1.29, 1.82) is 0 Å². The second-order valence-electron chi connectivity index (χ2n) is 3.03. The summed E-state index contributed by atoms with van der Waals surface area (Å²) in [6.07, 6.45) is 0. The van der Waals surface area contributed by atoms with Crippen LogP contribution in [0.4, 0.5) is 0 Å². The molecule has 2 N–H and O–H groups in total. The van der Waals surface area contributed by atoms with Crippen LogP contribution in [0.15, 0.2) is 0 Å². The van der Waals surface area contributed by atoms with Gasteiger partial charge in [0, 0.05) is 6.92 Å². The highest BCUT2D eigenvalue weighted by atomic mass is 16.5. The Morgan fingerprint density at radius 3 is 2.18 bits per heavy atom. The van der Waals surface area contributed by atoms with E-state index in [2.05, 4.69) is 4.74 Å². The summed E-state index contributed by atoms with van der Waals surface area (Å²) in [6.45, 7) is 4.57. The Balaban J connectivity index is 3.92. The highest BCUT2D eigenvalue weighted by Gasteiger charge is 2.26. The maximum Gasteiger partial charge on any atom is 0.302 e. The smallest absolute Gasteiger partial charge is 0.302 e. The van der Waals surface area contributed by atoms with Gasteiger partial charge in [-0.15, -0.1) is 0 Å². The molecule has 0 aromatic heterocycles. The number of nitrogens with two attached hydrogens (primary N) is 1. The first-order valence-electron chi connectivity index (χ1n) is 3.29. The van der Waals surface area contributed by atoms with E-state index < -0.39 is 17.3 Å². The van der Waals surface area contributed by atoms with Gasteiger partial charge in [0.1, 0.15) is 6.61 Å². The van der Waals surface area contributed by atoms with Crippen LogP contribution < -0.4 is 5.73 Å². The van der Waals surface area contributed by atoms with Crippen LogP contribution in [0.25, 0.3) is 0 Å². The van der Waals surface area contributed by atoms with E-state index in [-0.39, 0.29) is 6.61 Å². The Morgan fingerprint density at radius 2 is 1.91 bits per heavy atom. The molecule has 0 aromatic carbocycles. The van der Waals surface area contributed by atoms with Crippen LogP contribution in [0, 0.1) is 5.41 Å². The number of hydrogen-bond donors (Lipinski definition) is 1. The first-order valence-corrected chi connectivity index (χ1v) is 3.29. The van der Waals surface area contributed by atoms with E-state index in [1.165, 1.54) is 6.92 Å². The zero-order valence-electron chi connectivity index (χ0n) is 7.01. The second kappa shape index (κ2) is 3.37. The lowest BCUT2D eigenvalue weighted by molar-refractivity contribution is -0.146. The van der Waals surface area contributed by atoms with Gasteiger partial charge in [-0.3, -0.25) is 9.59 Å². The fourth-order valence-corrected chi connectivity index (χ4v) is 0.353. The molecule has 0 rings (SSSR count). The van der Waals surface area contributed by atoms with E-state index in [1.54, 1.807) is 13.8 Å². The Labute approximate surface area is 65.7 Å². The number of carbonyl (C=O) groups excluding carboxylic acids is 2. The number of carbonyl (C=O) groups is 2. The molecule has 0 aliphatic rings. The SMILES string of the molecule is CC(=O)OCC(C)(C)C(N)=O. The average Bonchev–Trinajstić information content (AvgIpc) is 1.84. The lowest BCUT2D eigenvalue weighted by Crippen LogP contribution is -2.36. The number of ether oxygens (including phenoxy) is 1. The highest BCUT2D eigenvalue weighted by Crippen LogP contribution is 2.13. The minimum absolute atomic E-state index is 0.0394. The van der Waals surface area contributed by atoms with Crippen molar-refractivity contribution in [3.63, 3.8) is 0 Å². The highest BCUT2D eigenvalue weighted by molar-refractivity contribution is 5.80. The van der Waals surface area contributed by atoms with E-state index >= 15 is 0 Å². The number of esters is 1. The van der Waals surface area contributed by atoms with Crippen molar-refractivity contribution in [3.05, 3.63) is 0 Å². The van der Waals surface area contributed by atoms with E-state index in [0.717, 1.165) is 0 Å². The molecule has 0 aromatic rings. The summed E-state index contributed by atoms with van der Waals surface area (Å²) >= 11 is 0. The van der Waals surface area contributed by atoms with Gasteiger partial charge in [-0.25, -0.2) is 0 Å². The molecule has 0 bridgehead atoms. The molecule has 0 atom stereocenters. The summed E-state index contributed by atoms with van der Waals surface area (Å²) in [5.41, 5.74) is 4.25. The van der Waals surface area contributed by atoms with E-state index in [9.17, 15) is 9.59 Å². The monoisotopic (exact) mass is 159 g/mol. The van der Waals surface area contributed by atoms with Crippen molar-refractivity contribution < 1.29 is 14.3 Å². The third-order valence-corrected chi connectivity index (χ3v) is 1.30. The van der Waals surface area contributed by atoms with E-state index in [1.807, 2.05) is 0 Å². The number of rotatable bonds is 3. The van der Waals surface area contributed by atoms with Gasteiger partial charge in [-0.2, -0.15) is 0 Å². The molecule has 0 saturated heterocycles. The molecule has 0 unspecified atom stereocenters. The minimum Gasteiger partial charge on any atom is -0.465 e. The van der Waals surface area contributed by atoms with Crippen molar-refractivity contribution in [2.75, 3.05) is 6.61 Å². The van der Waals surface area contributed by atoms with E-state index in [4.69, 9.17) is 5.73 Å². The molecular weight excluding hydrogens is 146 g/mol. The van der Waals surface area contributed by atoms with Crippen molar-refractivity contribution >= 4 is 11.9 Å². The molecule has 0 aliphatic carbocycles. The quantitative estimate of drug-likeness (QED) is 0.592. The standard InChI is InChI=1S/C7H13NO3/c1-5(9)11-4-7(2,3)6(8)10/h4H2,1-3H3,(H2,8,10). The second-order valence-corrected chi connectivity index (χ2v) is 3.03. The normalized spacial score (nSPS) is 10.8. The van der Waals surface area contributed by atoms with Crippen LogP contribution in [0.5, 0.6) is 0 Å². The van der Waals surface area contributed by atoms with Crippen LogP contribution in [0.1, 0.15) is 20.8 Å². The lowest BCUT2D eigenvalue weighted by atomic mass is 9.94. The molecule has 4 nitrogen and oxygen atoms in total. The first kappa shape index (κ1) is 9.94. The third kappa shape index (κ3) is 3.60. The van der Waals surface area contributed by atoms with Crippen LogP contribution in [-0.2, 0) is 14.3 Å². The molecule has 0 fully saturated rings. The molecule has 4 heteroatoms. The zero-order valence-corrected chi connectivity index (χ0v) is 7.01. The lowest BCUT2D eigenvalue weighted by Gasteiger charge is -2.18. The summed E-state index contributed by atoms with van der Waals surface area (Å²) < 4.78 is 4.63. The molecule has 1 amide bonds. The van der Waals surface area contributed by atoms with Gasteiger partial charge in [0.05, 0.1) is 5.41 Å². The largest absolute Gasteiger partial charge is 0.465 e. The van der Waals surface area contributed by atoms with Gasteiger partial charge in [-0.1, -0.05) is 0 Å². The first-order chi connectivity index (χ1) is 4.86. The summed E-state index contributed by atoms with van der Waals surface area (Å²) in [5.74, 6) is -0.877. The Morgan fingerprint density at radius 1 is 1.45 bits per heavy atom. The van der Waals surface area contributed by atoms with Gasteiger partial charge in [0.15, 0.2) is 0 Å². The van der Waals surface area contributed by atoms with Crippen LogP contribution >= 0.6 is 0 Å². The van der Waals surface area contributed by atoms with E-state index in [0.29, 0.717) is 0 Å². The van der Waals surface area contributed by atoms with Gasteiger partial charge in [-0.05, 0) is 13.8 Å². The fraction of sp³-hybridized carbons (Fsp3) is 0.714. The Bertz CT molecular complexity index is 175. The average molecular weight is 159 g/mol. The molecule has 0 saturated carbocycles. The number of hydrogen-bond acceptors (Lipinski definition) is 3.